The molecule has 4 heterocycles. The van der Waals surface area contributed by atoms with E-state index < -0.39 is 10.6 Å². The van der Waals surface area contributed by atoms with Gasteiger partial charge in [-0.15, -0.1) is 6.42 Å². The highest BCUT2D eigenvalue weighted by Gasteiger charge is 2.41. The number of phenolic OH excluding ortho intramolecular Hbond substituents is 1. The Morgan fingerprint density at radius 2 is 1.86 bits per heavy atom. The highest BCUT2D eigenvalue weighted by atomic mass is 32.1. The van der Waals surface area contributed by atoms with Gasteiger partial charge < -0.3 is 24.8 Å². The summed E-state index contributed by atoms with van der Waals surface area (Å²) in [6.45, 7) is 13.3. The number of nitrogens with one attached hydrogen (secondary N) is 1. The van der Waals surface area contributed by atoms with Crippen molar-refractivity contribution in [3.8, 4) is 35.0 Å². The predicted octanol–water partition coefficient (Wildman–Crippen LogP) is 9.67. The van der Waals surface area contributed by atoms with Crippen molar-refractivity contribution in [1.29, 1.82) is 0 Å². The van der Waals surface area contributed by atoms with Gasteiger partial charge in [-0.2, -0.15) is 27.6 Å². The van der Waals surface area contributed by atoms with Crippen LogP contribution in [0.3, 0.4) is 0 Å². The van der Waals surface area contributed by atoms with Crippen LogP contribution < -0.4 is 19.7 Å². The Morgan fingerprint density at radius 3 is 2.55 bits per heavy atom. The summed E-state index contributed by atoms with van der Waals surface area (Å²) in [5, 5.41) is 15.4. The maximum absolute atomic E-state index is 14.8. The molecule has 51 heavy (non-hydrogen) atoms. The predicted molar refractivity (Wildman–Crippen MR) is 209 cm³/mol. The number of hydrogen-bond donors (Lipinski definition) is 3. The monoisotopic (exact) mass is 733 g/mol. The first kappa shape index (κ1) is 37.4. The van der Waals surface area contributed by atoms with E-state index in [1.807, 2.05) is 0 Å². The fourth-order valence-corrected chi connectivity index (χ4v) is 8.93. The van der Waals surface area contributed by atoms with Crippen molar-refractivity contribution in [2.75, 3.05) is 24.6 Å². The Hall–Kier alpha value is -3.33. The number of rotatable bonds is 16. The van der Waals surface area contributed by atoms with Gasteiger partial charge in [-0.3, -0.25) is 0 Å². The lowest BCUT2D eigenvalue weighted by Gasteiger charge is -2.43. The number of nitrogens with zero attached hydrogens (tertiary/aromatic N) is 4. The normalized spacial score (nSPS) is 20.2. The summed E-state index contributed by atoms with van der Waals surface area (Å²) in [5.74, 6) is 3.56. The lowest BCUT2D eigenvalue weighted by molar-refractivity contribution is 0.132. The summed E-state index contributed by atoms with van der Waals surface area (Å²) in [7, 11) is 0. The summed E-state index contributed by atoms with van der Waals surface area (Å²) in [6.07, 6.45) is 17.5. The second kappa shape index (κ2) is 15.7. The van der Waals surface area contributed by atoms with E-state index in [0.29, 0.717) is 45.6 Å². The summed E-state index contributed by atoms with van der Waals surface area (Å²) in [5.41, 5.74) is 0.624. The smallest absolute Gasteiger partial charge is 0.319 e. The number of hydrogen-bond acceptors (Lipinski definition) is 10. The van der Waals surface area contributed by atoms with Gasteiger partial charge >= 0.3 is 6.01 Å². The lowest BCUT2D eigenvalue weighted by Crippen LogP contribution is -2.51. The van der Waals surface area contributed by atoms with E-state index in [0.717, 1.165) is 44.7 Å². The fourth-order valence-electron chi connectivity index (χ4n) is 7.80. The number of aromatic hydroxyl groups is 1. The van der Waals surface area contributed by atoms with Gasteiger partial charge in [0.05, 0.1) is 5.56 Å². The Labute approximate surface area is 311 Å². The van der Waals surface area contributed by atoms with Gasteiger partial charge in [0.1, 0.15) is 29.4 Å². The molecular weight excluding hydrogens is 682 g/mol. The van der Waals surface area contributed by atoms with Gasteiger partial charge in [-0.1, -0.05) is 89.5 Å². The van der Waals surface area contributed by atoms with Crippen molar-refractivity contribution in [2.45, 2.75) is 116 Å². The quantitative estimate of drug-likeness (QED) is 0.0775. The van der Waals surface area contributed by atoms with E-state index in [9.17, 15) is 9.50 Å². The van der Waals surface area contributed by atoms with E-state index in [1.54, 1.807) is 6.07 Å². The third-order valence-electron chi connectivity index (χ3n) is 11.5. The Bertz CT molecular complexity index is 1880. The number of ether oxygens (including phenoxy) is 2. The maximum Gasteiger partial charge on any atom is 0.319 e. The van der Waals surface area contributed by atoms with Gasteiger partial charge in [-0.05, 0) is 61.5 Å². The topological polar surface area (TPSA) is 92.6 Å². The molecular formula is C40H52FN5O3S2. The van der Waals surface area contributed by atoms with Gasteiger partial charge in [0.25, 0.3) is 5.19 Å². The number of thiol groups is 1. The summed E-state index contributed by atoms with van der Waals surface area (Å²) in [6, 6.07) is 6.85. The number of anilines is 1. The average Bonchev–Trinajstić information content (AvgIpc) is 3.68. The molecule has 2 aromatic carbocycles. The average molecular weight is 734 g/mol. The van der Waals surface area contributed by atoms with Crippen LogP contribution in [0.1, 0.15) is 104 Å². The number of terminal acetylenes is 1. The minimum Gasteiger partial charge on any atom is -0.508 e. The minimum absolute atomic E-state index is 0.0313. The zero-order valence-electron chi connectivity index (χ0n) is 30.6. The molecule has 5 atom stereocenters. The molecule has 0 aliphatic carbocycles. The summed E-state index contributed by atoms with van der Waals surface area (Å²) in [4.78, 5) is 17.6. The number of fused-ring (bicyclic) bond motifs is 4. The third kappa shape index (κ3) is 8.03. The van der Waals surface area contributed by atoms with Gasteiger partial charge in [-0.25, -0.2) is 4.39 Å². The van der Waals surface area contributed by atoms with Crippen LogP contribution in [0, 0.1) is 29.5 Å². The number of benzene rings is 2. The molecule has 8 nitrogen and oxygen atoms in total. The van der Waals surface area contributed by atoms with Crippen molar-refractivity contribution in [2.24, 2.45) is 11.3 Å². The molecule has 2 saturated heterocycles. The molecule has 0 amide bonds. The summed E-state index contributed by atoms with van der Waals surface area (Å²) < 4.78 is 27.1. The molecule has 4 aromatic rings. The molecule has 0 radical (unpaired) electrons. The number of unbranched alkanes of at least 4 members (excludes halogenated alkanes) is 1. The lowest BCUT2D eigenvalue weighted by atomic mass is 9.71. The highest BCUT2D eigenvalue weighted by molar-refractivity contribution is 7.81. The Kier molecular flexibility index (Phi) is 11.5. The molecule has 0 spiro atoms. The van der Waals surface area contributed by atoms with Crippen LogP contribution in [0.4, 0.5) is 10.2 Å². The molecule has 2 aliphatic heterocycles. The van der Waals surface area contributed by atoms with Crippen molar-refractivity contribution in [3.05, 3.63) is 35.6 Å². The Balaban J connectivity index is 1.28. The number of piperazine rings is 1. The van der Waals surface area contributed by atoms with Crippen LogP contribution in [-0.2, 0) is 0 Å². The van der Waals surface area contributed by atoms with E-state index in [1.165, 1.54) is 68.1 Å². The van der Waals surface area contributed by atoms with Crippen LogP contribution in [0.15, 0.2) is 24.3 Å². The first-order chi connectivity index (χ1) is 24.5. The van der Waals surface area contributed by atoms with Crippen LogP contribution in [-0.4, -0.2) is 56.6 Å². The van der Waals surface area contributed by atoms with Crippen molar-refractivity contribution in [3.63, 3.8) is 0 Å². The second-order valence-electron chi connectivity index (χ2n) is 15.0. The van der Waals surface area contributed by atoms with Crippen LogP contribution in [0.25, 0.3) is 21.1 Å². The van der Waals surface area contributed by atoms with Gasteiger partial charge in [0.15, 0.2) is 10.6 Å². The van der Waals surface area contributed by atoms with E-state index >= 15 is 0 Å². The van der Waals surface area contributed by atoms with E-state index in [2.05, 4.69) is 50.8 Å². The second-order valence-corrected chi connectivity index (χ2v) is 16.9. The van der Waals surface area contributed by atoms with Gasteiger partial charge in [0.2, 0.25) is 0 Å². The van der Waals surface area contributed by atoms with Crippen LogP contribution in [0.5, 0.6) is 22.7 Å². The minimum atomic E-state index is -0.541. The Morgan fingerprint density at radius 1 is 1.12 bits per heavy atom. The summed E-state index contributed by atoms with van der Waals surface area (Å²) >= 11 is 6.49. The maximum atomic E-state index is 14.8. The molecule has 274 valence electrons. The molecule has 2 aliphatic rings. The standard InChI is InChI=1S/C40H52FN5O3S2/c1-7-11-13-25(8-2)14-12-19-39(5,10-4)40(6,50)24-48-37-44-35(46-22-27-16-17-28(23-46)42-27)34-36(45-37)51-38(43-34)49-32-21-29(47)20-26-15-18-31(41)30(9-3)33(26)32/h3,15,18,20-21,25,27-28,42,47,50H,7-8,10-14,16-17,19,22-24H2,1-2,4-6H3/t25?,27?,28?,39?,40-/m0/s1. The van der Waals surface area contributed by atoms with E-state index in [-0.39, 0.29) is 33.7 Å². The zero-order valence-corrected chi connectivity index (χ0v) is 32.3. The van der Waals surface area contributed by atoms with Crippen molar-refractivity contribution < 1.29 is 19.0 Å². The fraction of sp³-hybridized carbons (Fsp3) is 0.575. The molecule has 2 fully saturated rings. The molecule has 4 unspecified atom stereocenters. The third-order valence-corrected chi connectivity index (χ3v) is 13.0. The number of phenols is 1. The van der Waals surface area contributed by atoms with Crippen molar-refractivity contribution in [1.82, 2.24) is 20.3 Å². The number of halogens is 1. The molecule has 6 rings (SSSR count). The molecule has 2 N–H and O–H groups in total. The van der Waals surface area contributed by atoms with Crippen molar-refractivity contribution >= 4 is 50.9 Å². The largest absolute Gasteiger partial charge is 0.508 e. The molecule has 0 saturated carbocycles. The first-order valence-corrected chi connectivity index (χ1v) is 19.9. The SMILES string of the molecule is C#Cc1c(F)ccc2cc(O)cc(Oc3nc4c(N5CC6CCC(C5)N6)nc(OC[C@](C)(S)C(C)(CC)CCCC(CC)CCCC)nc4s3)c12. The molecule has 2 bridgehead atoms. The molecule has 11 heteroatoms. The van der Waals surface area contributed by atoms with Gasteiger partial charge in [0, 0.05) is 41.4 Å². The van der Waals surface area contributed by atoms with E-state index in [4.69, 9.17) is 43.5 Å². The first-order valence-electron chi connectivity index (χ1n) is 18.6. The van der Waals surface area contributed by atoms with Crippen LogP contribution >= 0.6 is 24.0 Å². The molecule has 2 aromatic heterocycles. The number of aromatic nitrogens is 3. The zero-order chi connectivity index (χ0) is 36.3. The highest BCUT2D eigenvalue weighted by Crippen LogP contribution is 2.45. The van der Waals surface area contributed by atoms with Crippen LogP contribution in [0.2, 0.25) is 0 Å². The number of thiazole rings is 1.